The molecule has 4 heterocycles. The number of piperazine rings is 1. The topological polar surface area (TPSA) is 142 Å². The number of nitrogens with one attached hydrogen (secondary N) is 2. The number of likely N-dealkylation sites (tertiary alicyclic amines) is 2. The second kappa shape index (κ2) is 14.9. The zero-order valence-corrected chi connectivity index (χ0v) is 27.8. The van der Waals surface area contributed by atoms with Crippen molar-refractivity contribution < 1.29 is 14.3 Å². The highest BCUT2D eigenvalue weighted by Crippen LogP contribution is 2.28. The maximum Gasteiger partial charge on any atom is 0.410 e. The molecule has 2 aromatic carbocycles. The molecule has 6 rings (SSSR count). The summed E-state index contributed by atoms with van der Waals surface area (Å²) in [6.07, 6.45) is 2.24. The minimum Gasteiger partial charge on any atom is -0.436 e. The van der Waals surface area contributed by atoms with Gasteiger partial charge in [-0.1, -0.05) is 54.9 Å². The molecule has 0 saturated carbocycles. The van der Waals surface area contributed by atoms with Gasteiger partial charge in [0.05, 0.1) is 16.8 Å². The summed E-state index contributed by atoms with van der Waals surface area (Å²) in [4.78, 5) is 49.2. The Bertz CT molecular complexity index is 1590. The minimum atomic E-state index is -0.997. The van der Waals surface area contributed by atoms with Crippen molar-refractivity contribution in [1.29, 1.82) is 0 Å². The molecule has 0 unspecified atom stereocenters. The summed E-state index contributed by atoms with van der Waals surface area (Å²) in [6, 6.07) is 13.5. The number of piperidine rings is 2. The van der Waals surface area contributed by atoms with Crippen molar-refractivity contribution in [3.05, 3.63) is 69.1 Å². The molecule has 3 fully saturated rings. The molecule has 1 atom stereocenters. The van der Waals surface area contributed by atoms with Gasteiger partial charge in [-0.3, -0.25) is 14.7 Å². The van der Waals surface area contributed by atoms with Crippen LogP contribution in [-0.2, 0) is 22.4 Å². The Hall–Kier alpha value is -3.87. The molecule has 3 aliphatic heterocycles. The zero-order valence-electron chi connectivity index (χ0n) is 27.0. The summed E-state index contributed by atoms with van der Waals surface area (Å²) in [5.74, 6) is 0.333. The number of nitrogens with zero attached hydrogens (tertiary/aromatic N) is 5. The van der Waals surface area contributed by atoms with E-state index in [1.807, 2.05) is 48.2 Å². The first-order valence-electron chi connectivity index (χ1n) is 16.8. The quantitative estimate of drug-likeness (QED) is 0.312. The van der Waals surface area contributed by atoms with E-state index >= 15 is 0 Å². The van der Waals surface area contributed by atoms with E-state index in [9.17, 15) is 14.4 Å². The number of benzene rings is 2. The van der Waals surface area contributed by atoms with Crippen LogP contribution in [0.25, 0.3) is 11.4 Å². The Kier molecular flexibility index (Phi) is 10.5. The van der Waals surface area contributed by atoms with E-state index in [0.717, 1.165) is 55.7 Å². The van der Waals surface area contributed by atoms with Crippen LogP contribution < -0.4 is 16.7 Å². The normalized spacial score (nSPS) is 19.1. The van der Waals surface area contributed by atoms with E-state index in [1.165, 1.54) is 4.68 Å². The van der Waals surface area contributed by atoms with Gasteiger partial charge < -0.3 is 25.6 Å². The lowest BCUT2D eigenvalue weighted by Gasteiger charge is -2.41. The predicted octanol–water partition coefficient (Wildman–Crippen LogP) is 3.32. The van der Waals surface area contributed by atoms with E-state index in [0.29, 0.717) is 68.0 Å². The van der Waals surface area contributed by atoms with Gasteiger partial charge in [0.25, 0.3) is 5.91 Å². The highest BCUT2D eigenvalue weighted by molar-refractivity contribution is 6.33. The van der Waals surface area contributed by atoms with Crippen molar-refractivity contribution in [1.82, 2.24) is 34.8 Å². The first kappa shape index (κ1) is 33.0. The van der Waals surface area contributed by atoms with Crippen LogP contribution in [0.15, 0.2) is 47.3 Å². The van der Waals surface area contributed by atoms with Gasteiger partial charge in [-0.15, -0.1) is 5.10 Å². The number of ether oxygens (including phenoxy) is 1. The number of aryl methyl sites for hydroxylation is 1. The average Bonchev–Trinajstić information content (AvgIpc) is 3.51. The van der Waals surface area contributed by atoms with Crippen LogP contribution in [0.2, 0.25) is 5.02 Å². The molecular formula is C34H45ClN8O4. The lowest BCUT2D eigenvalue weighted by atomic mass is 9.99. The zero-order chi connectivity index (χ0) is 32.9. The predicted molar refractivity (Wildman–Crippen MR) is 181 cm³/mol. The van der Waals surface area contributed by atoms with Crippen molar-refractivity contribution in [3.8, 4) is 11.4 Å². The number of H-pyrrole nitrogens is 1. The first-order valence-corrected chi connectivity index (χ1v) is 17.2. The highest BCUT2D eigenvalue weighted by atomic mass is 35.5. The minimum absolute atomic E-state index is 0.154. The summed E-state index contributed by atoms with van der Waals surface area (Å²) < 4.78 is 7.52. The third-order valence-electron chi connectivity index (χ3n) is 9.80. The van der Waals surface area contributed by atoms with E-state index in [2.05, 4.69) is 20.3 Å². The number of hydrogen-bond donors (Lipinski definition) is 3. The number of nitrogens with two attached hydrogens (primary N) is 1. The molecule has 3 aliphatic rings. The Morgan fingerprint density at radius 1 is 0.979 bits per heavy atom. The van der Waals surface area contributed by atoms with Crippen molar-refractivity contribution in [2.75, 3.05) is 58.1 Å². The van der Waals surface area contributed by atoms with Gasteiger partial charge in [0.15, 0.2) is 11.9 Å². The molecule has 47 heavy (non-hydrogen) atoms. The number of halogens is 1. The van der Waals surface area contributed by atoms with Gasteiger partial charge in [0.2, 0.25) is 0 Å². The number of carbonyl (C=O) groups is 2. The summed E-state index contributed by atoms with van der Waals surface area (Å²) in [5.41, 5.74) is 8.97. The molecule has 13 heteroatoms. The fourth-order valence-electron chi connectivity index (χ4n) is 7.04. The lowest BCUT2D eigenvalue weighted by molar-refractivity contribution is -0.142. The summed E-state index contributed by atoms with van der Waals surface area (Å²) in [6.45, 7) is 8.05. The summed E-state index contributed by atoms with van der Waals surface area (Å²) in [5, 5.41) is 8.38. The third-order valence-corrected chi connectivity index (χ3v) is 10.1. The van der Waals surface area contributed by atoms with Crippen LogP contribution in [0.1, 0.15) is 49.8 Å². The maximum absolute atomic E-state index is 14.0. The fraction of sp³-hybridized carbons (Fsp3) is 0.529. The van der Waals surface area contributed by atoms with E-state index in [1.54, 1.807) is 11.0 Å². The molecule has 0 aliphatic carbocycles. The largest absolute Gasteiger partial charge is 0.436 e. The SMILES string of the molecule is CCc1cc(C[C@@H](OC(=O)N2CCC(n3nc(-c4ccccc4)[nH]c3=O)CC2)C(=O)N2CCC(N3CCNCC3)CC2)cc(Cl)c1N. The van der Waals surface area contributed by atoms with Crippen molar-refractivity contribution >= 4 is 29.3 Å². The summed E-state index contributed by atoms with van der Waals surface area (Å²) in [7, 11) is 0. The van der Waals surface area contributed by atoms with Crippen LogP contribution in [0.4, 0.5) is 10.5 Å². The monoisotopic (exact) mass is 664 g/mol. The molecule has 0 bridgehead atoms. The molecule has 3 saturated heterocycles. The number of nitrogen functional groups attached to an aromatic ring is 1. The van der Waals surface area contributed by atoms with E-state index < -0.39 is 12.2 Å². The number of anilines is 1. The Morgan fingerprint density at radius 2 is 1.64 bits per heavy atom. The number of hydrogen-bond acceptors (Lipinski definition) is 8. The van der Waals surface area contributed by atoms with Crippen LogP contribution in [0.3, 0.4) is 0 Å². The lowest BCUT2D eigenvalue weighted by Crippen LogP contribution is -2.54. The molecule has 0 spiro atoms. The van der Waals surface area contributed by atoms with Gasteiger partial charge >= 0.3 is 11.8 Å². The highest BCUT2D eigenvalue weighted by Gasteiger charge is 2.35. The number of aromatic amines is 1. The van der Waals surface area contributed by atoms with Crippen LogP contribution >= 0.6 is 11.6 Å². The summed E-state index contributed by atoms with van der Waals surface area (Å²) >= 11 is 6.46. The second-order valence-electron chi connectivity index (χ2n) is 12.7. The number of amides is 2. The Labute approximate surface area is 280 Å². The van der Waals surface area contributed by atoms with E-state index in [4.69, 9.17) is 22.1 Å². The van der Waals surface area contributed by atoms with Crippen molar-refractivity contribution in [2.45, 2.75) is 63.6 Å². The molecule has 4 N–H and O–H groups in total. The van der Waals surface area contributed by atoms with Gasteiger partial charge in [-0.2, -0.15) is 0 Å². The molecule has 2 amide bonds. The Balaban J connectivity index is 1.12. The Morgan fingerprint density at radius 3 is 2.32 bits per heavy atom. The molecule has 1 aromatic heterocycles. The molecule has 3 aromatic rings. The standard InChI is InChI=1S/C34H45ClN8O4/c1-2-24-20-23(21-28(35)30(24)36)22-29(32(44)41-14-8-26(9-15-41)40-18-12-37-13-19-40)47-34(46)42-16-10-27(11-17-42)43-33(45)38-31(39-43)25-6-4-3-5-7-25/h3-7,20-21,26-27,29,37H,2,8-19,22,36H2,1H3,(H,38,39,45)/t29-/m1/s1. The van der Waals surface area contributed by atoms with Gasteiger partial charge in [-0.05, 0) is 49.3 Å². The van der Waals surface area contributed by atoms with Gasteiger partial charge in [0.1, 0.15) is 0 Å². The number of rotatable bonds is 8. The average molecular weight is 665 g/mol. The first-order chi connectivity index (χ1) is 22.8. The van der Waals surface area contributed by atoms with Crippen LogP contribution in [0, 0.1) is 0 Å². The fourth-order valence-corrected chi connectivity index (χ4v) is 7.30. The molecule has 252 valence electrons. The third kappa shape index (κ3) is 7.66. The van der Waals surface area contributed by atoms with E-state index in [-0.39, 0.29) is 24.1 Å². The molecule has 0 radical (unpaired) electrons. The van der Waals surface area contributed by atoms with Gasteiger partial charge in [-0.25, -0.2) is 14.3 Å². The maximum atomic E-state index is 14.0. The number of carbonyl (C=O) groups excluding carboxylic acids is 2. The smallest absolute Gasteiger partial charge is 0.410 e. The second-order valence-corrected chi connectivity index (χ2v) is 13.1. The number of aromatic nitrogens is 3. The van der Waals surface area contributed by atoms with Gasteiger partial charge in [0, 0.05) is 70.4 Å². The van der Waals surface area contributed by atoms with Crippen LogP contribution in [0.5, 0.6) is 0 Å². The van der Waals surface area contributed by atoms with Crippen LogP contribution in [-0.4, -0.2) is 106 Å². The molecular weight excluding hydrogens is 620 g/mol. The molecule has 12 nitrogen and oxygen atoms in total. The van der Waals surface area contributed by atoms with Crippen molar-refractivity contribution in [3.63, 3.8) is 0 Å². The van der Waals surface area contributed by atoms with Crippen molar-refractivity contribution in [2.24, 2.45) is 0 Å².